The molecule has 6 nitrogen and oxygen atoms in total. The third kappa shape index (κ3) is 4.27. The molecule has 0 unspecified atom stereocenters. The average Bonchev–Trinajstić information content (AvgIpc) is 3.15. The summed E-state index contributed by atoms with van der Waals surface area (Å²) in [5.41, 5.74) is 9.22. The maximum absolute atomic E-state index is 12.4. The molecule has 1 heterocycles. The van der Waals surface area contributed by atoms with Gasteiger partial charge in [0, 0.05) is 18.7 Å². The van der Waals surface area contributed by atoms with Crippen LogP contribution in [-0.2, 0) is 16.8 Å². The molecule has 0 bridgehead atoms. The van der Waals surface area contributed by atoms with Gasteiger partial charge in [-0.15, -0.1) is 0 Å². The fraction of sp³-hybridized carbons (Fsp3) is 0.250. The van der Waals surface area contributed by atoms with Crippen LogP contribution in [0.25, 0.3) is 5.69 Å². The summed E-state index contributed by atoms with van der Waals surface area (Å²) >= 11 is 0. The molecule has 3 N–H and O–H groups in total. The predicted molar refractivity (Wildman–Crippen MR) is 102 cm³/mol. The zero-order valence-electron chi connectivity index (χ0n) is 15.0. The van der Waals surface area contributed by atoms with Crippen LogP contribution in [0.2, 0.25) is 0 Å². The lowest BCUT2D eigenvalue weighted by molar-refractivity contribution is -0.122. The Labute approximate surface area is 153 Å². The quantitative estimate of drug-likeness (QED) is 0.670. The second kappa shape index (κ2) is 7.39. The highest BCUT2D eigenvalue weighted by Crippen LogP contribution is 2.27. The molecule has 0 spiro atoms. The Kier molecular flexibility index (Phi) is 5.02. The highest BCUT2D eigenvalue weighted by atomic mass is 16.1. The van der Waals surface area contributed by atoms with Crippen LogP contribution in [0.1, 0.15) is 31.4 Å². The first kappa shape index (κ1) is 17.7. The van der Waals surface area contributed by atoms with E-state index >= 15 is 0 Å². The highest BCUT2D eigenvalue weighted by molar-refractivity contribution is 5.77. The smallest absolute Gasteiger partial charge is 0.221 e. The van der Waals surface area contributed by atoms with Crippen LogP contribution in [0.5, 0.6) is 0 Å². The zero-order valence-corrected chi connectivity index (χ0v) is 15.0. The lowest BCUT2D eigenvalue weighted by atomic mass is 9.81. The van der Waals surface area contributed by atoms with Crippen LogP contribution in [0.4, 0.5) is 5.69 Å². The molecule has 1 amide bonds. The maximum Gasteiger partial charge on any atom is 0.221 e. The number of amides is 1. The largest absolute Gasteiger partial charge is 0.399 e. The average molecular weight is 349 g/mol. The zero-order chi connectivity index (χ0) is 18.6. The summed E-state index contributed by atoms with van der Waals surface area (Å²) in [6.07, 6.45) is 3.54. The molecule has 0 aliphatic rings. The second-order valence-electron chi connectivity index (χ2n) is 6.97. The van der Waals surface area contributed by atoms with E-state index in [0.29, 0.717) is 13.0 Å². The Morgan fingerprint density at radius 1 is 1.19 bits per heavy atom. The normalized spacial score (nSPS) is 11.3. The lowest BCUT2D eigenvalue weighted by Crippen LogP contribution is -2.30. The van der Waals surface area contributed by atoms with Gasteiger partial charge in [-0.1, -0.05) is 38.1 Å². The van der Waals surface area contributed by atoms with Crippen LogP contribution >= 0.6 is 0 Å². The van der Waals surface area contributed by atoms with Gasteiger partial charge >= 0.3 is 0 Å². The first-order valence-electron chi connectivity index (χ1n) is 8.51. The summed E-state index contributed by atoms with van der Waals surface area (Å²) in [5.74, 6) is 0.0120. The predicted octanol–water partition coefficient (Wildman–Crippen LogP) is 2.83. The SMILES string of the molecule is CC(C)(CC(=O)NCc1cccc(-n2cncn2)c1)c1ccc(N)cc1. The Bertz CT molecular complexity index is 869. The van der Waals surface area contributed by atoms with Crippen molar-refractivity contribution in [3.8, 4) is 5.69 Å². The molecule has 0 saturated heterocycles. The van der Waals surface area contributed by atoms with Gasteiger partial charge in [0.25, 0.3) is 0 Å². The first-order valence-corrected chi connectivity index (χ1v) is 8.51. The fourth-order valence-corrected chi connectivity index (χ4v) is 2.85. The van der Waals surface area contributed by atoms with Crippen molar-refractivity contribution in [2.24, 2.45) is 0 Å². The maximum atomic E-state index is 12.4. The minimum Gasteiger partial charge on any atom is -0.399 e. The summed E-state index contributed by atoms with van der Waals surface area (Å²) in [4.78, 5) is 16.4. The van der Waals surface area contributed by atoms with Crippen LogP contribution in [0.3, 0.4) is 0 Å². The van der Waals surface area contributed by atoms with Crippen molar-refractivity contribution in [3.63, 3.8) is 0 Å². The van der Waals surface area contributed by atoms with Gasteiger partial charge in [-0.3, -0.25) is 4.79 Å². The van der Waals surface area contributed by atoms with Gasteiger partial charge in [-0.05, 0) is 40.8 Å². The molecule has 26 heavy (non-hydrogen) atoms. The third-order valence-corrected chi connectivity index (χ3v) is 4.38. The molecule has 6 heteroatoms. The lowest BCUT2D eigenvalue weighted by Gasteiger charge is -2.24. The number of carbonyl (C=O) groups is 1. The number of hydrogen-bond acceptors (Lipinski definition) is 4. The van der Waals surface area contributed by atoms with E-state index < -0.39 is 0 Å². The molecule has 0 fully saturated rings. The Morgan fingerprint density at radius 3 is 2.65 bits per heavy atom. The molecular formula is C20H23N5O. The number of rotatable bonds is 6. The van der Waals surface area contributed by atoms with E-state index in [0.717, 1.165) is 22.5 Å². The minimum atomic E-state index is -0.264. The van der Waals surface area contributed by atoms with Crippen molar-refractivity contribution >= 4 is 11.6 Å². The molecular weight excluding hydrogens is 326 g/mol. The van der Waals surface area contributed by atoms with E-state index in [4.69, 9.17) is 5.73 Å². The van der Waals surface area contributed by atoms with Crippen LogP contribution < -0.4 is 11.1 Å². The number of anilines is 1. The van der Waals surface area contributed by atoms with E-state index in [1.807, 2.05) is 48.5 Å². The van der Waals surface area contributed by atoms with Gasteiger partial charge in [-0.25, -0.2) is 9.67 Å². The molecule has 2 aromatic carbocycles. The molecule has 0 aliphatic carbocycles. The standard InChI is InChI=1S/C20H23N5O/c1-20(2,16-6-8-17(21)9-7-16)11-19(26)23-12-15-4-3-5-18(10-15)25-14-22-13-24-25/h3-10,13-14H,11-12,21H2,1-2H3,(H,23,26). The fourth-order valence-electron chi connectivity index (χ4n) is 2.85. The van der Waals surface area contributed by atoms with Gasteiger partial charge in [-0.2, -0.15) is 5.10 Å². The molecule has 1 aromatic heterocycles. The van der Waals surface area contributed by atoms with E-state index in [1.165, 1.54) is 6.33 Å². The minimum absolute atomic E-state index is 0.0120. The second-order valence-corrected chi connectivity index (χ2v) is 6.97. The van der Waals surface area contributed by atoms with Gasteiger partial charge in [0.2, 0.25) is 5.91 Å². The third-order valence-electron chi connectivity index (χ3n) is 4.38. The number of nitrogen functional groups attached to an aromatic ring is 1. The van der Waals surface area contributed by atoms with E-state index in [9.17, 15) is 4.79 Å². The number of aromatic nitrogens is 3. The number of hydrogen-bond donors (Lipinski definition) is 2. The Hall–Kier alpha value is -3.15. The Morgan fingerprint density at radius 2 is 1.96 bits per heavy atom. The molecule has 0 atom stereocenters. The molecule has 0 aliphatic heterocycles. The monoisotopic (exact) mass is 349 g/mol. The van der Waals surface area contributed by atoms with Crippen molar-refractivity contribution in [2.45, 2.75) is 32.2 Å². The molecule has 3 aromatic rings. The summed E-state index contributed by atoms with van der Waals surface area (Å²) in [6.45, 7) is 4.59. The number of carbonyl (C=O) groups excluding carboxylic acids is 1. The summed E-state index contributed by atoms with van der Waals surface area (Å²) < 4.78 is 1.69. The van der Waals surface area contributed by atoms with Crippen molar-refractivity contribution in [2.75, 3.05) is 5.73 Å². The van der Waals surface area contributed by atoms with Crippen LogP contribution in [0.15, 0.2) is 61.2 Å². The van der Waals surface area contributed by atoms with Gasteiger partial charge in [0.05, 0.1) is 5.69 Å². The first-order chi connectivity index (χ1) is 12.4. The molecule has 3 rings (SSSR count). The topological polar surface area (TPSA) is 85.8 Å². The van der Waals surface area contributed by atoms with Crippen molar-refractivity contribution < 1.29 is 4.79 Å². The Balaban J connectivity index is 1.60. The van der Waals surface area contributed by atoms with Crippen molar-refractivity contribution in [1.82, 2.24) is 20.1 Å². The number of nitrogens with zero attached hydrogens (tertiary/aromatic N) is 3. The summed E-state index contributed by atoms with van der Waals surface area (Å²) in [6, 6.07) is 15.5. The number of nitrogens with two attached hydrogens (primary N) is 1. The van der Waals surface area contributed by atoms with Gasteiger partial charge in [0.15, 0.2) is 0 Å². The molecule has 0 saturated carbocycles. The summed E-state index contributed by atoms with van der Waals surface area (Å²) in [5, 5.41) is 7.12. The van der Waals surface area contributed by atoms with Crippen molar-refractivity contribution in [1.29, 1.82) is 0 Å². The van der Waals surface area contributed by atoms with E-state index in [-0.39, 0.29) is 11.3 Å². The van der Waals surface area contributed by atoms with E-state index in [1.54, 1.807) is 11.0 Å². The molecule has 134 valence electrons. The number of nitrogens with one attached hydrogen (secondary N) is 1. The summed E-state index contributed by atoms with van der Waals surface area (Å²) in [7, 11) is 0. The van der Waals surface area contributed by atoms with Crippen LogP contribution in [-0.4, -0.2) is 20.7 Å². The van der Waals surface area contributed by atoms with Crippen LogP contribution in [0, 0.1) is 0 Å². The van der Waals surface area contributed by atoms with Gasteiger partial charge in [0.1, 0.15) is 12.7 Å². The molecule has 0 radical (unpaired) electrons. The number of benzene rings is 2. The van der Waals surface area contributed by atoms with Crippen molar-refractivity contribution in [3.05, 3.63) is 72.3 Å². The van der Waals surface area contributed by atoms with Gasteiger partial charge < -0.3 is 11.1 Å². The van der Waals surface area contributed by atoms with E-state index in [2.05, 4.69) is 29.2 Å². The highest BCUT2D eigenvalue weighted by Gasteiger charge is 2.24.